The van der Waals surface area contributed by atoms with E-state index < -0.39 is 18.1 Å². The Labute approximate surface area is 161 Å². The van der Waals surface area contributed by atoms with E-state index in [9.17, 15) is 18.0 Å². The first-order chi connectivity index (χ1) is 13.3. The molecule has 6 nitrogen and oxygen atoms in total. The van der Waals surface area contributed by atoms with Crippen molar-refractivity contribution < 1.29 is 22.7 Å². The highest BCUT2D eigenvalue weighted by Gasteiger charge is 2.57. The molecule has 0 radical (unpaired) electrons. The molecule has 5 atom stereocenters. The summed E-state index contributed by atoms with van der Waals surface area (Å²) in [5.74, 6) is -1.37. The lowest BCUT2D eigenvalue weighted by atomic mass is 10.0. The number of alkyl halides is 3. The Hall–Kier alpha value is -2.06. The third-order valence-corrected chi connectivity index (χ3v) is 6.95. The summed E-state index contributed by atoms with van der Waals surface area (Å²) in [6, 6.07) is -0.405. The van der Waals surface area contributed by atoms with Gasteiger partial charge < -0.3 is 14.5 Å². The van der Waals surface area contributed by atoms with Crippen molar-refractivity contribution >= 4 is 17.7 Å². The molecule has 3 heterocycles. The van der Waals surface area contributed by atoms with Gasteiger partial charge in [0.05, 0.1) is 19.7 Å². The Morgan fingerprint density at radius 3 is 2.57 bits per heavy atom. The fourth-order valence-electron chi connectivity index (χ4n) is 5.01. The van der Waals surface area contributed by atoms with E-state index in [-0.39, 0.29) is 37.0 Å². The van der Waals surface area contributed by atoms with Crippen LogP contribution in [0.15, 0.2) is 0 Å². The van der Waals surface area contributed by atoms with Gasteiger partial charge in [-0.3, -0.25) is 4.79 Å². The lowest BCUT2D eigenvalue weighted by Crippen LogP contribution is -2.57. The SMILES string of the molecule is COC(=O)CC1[C@H]2CN(c3nc(N4CC(F)C4C)nc4c3CCC4(F)F)C[C@@H]12. The fourth-order valence-corrected chi connectivity index (χ4v) is 5.01. The second kappa shape index (κ2) is 5.97. The number of carbonyl (C=O) groups is 1. The van der Waals surface area contributed by atoms with E-state index in [4.69, 9.17) is 4.74 Å². The number of rotatable bonds is 4. The standard InChI is InChI=1S/C19H23F3N4O2/c1-9-14(20)8-26(9)18-23-16-10(3-4-19(16,21)22)17(24-18)25-6-12-11(13(12)7-25)5-15(27)28-2/h9,11-14H,3-8H2,1-2H3/t9?,11?,12-,13+,14?. The van der Waals surface area contributed by atoms with E-state index >= 15 is 0 Å². The normalized spacial score (nSPS) is 34.7. The number of carbonyl (C=O) groups excluding carboxylic acids is 1. The monoisotopic (exact) mass is 396 g/mol. The van der Waals surface area contributed by atoms with Crippen molar-refractivity contribution in [1.82, 2.24) is 9.97 Å². The van der Waals surface area contributed by atoms with Gasteiger partial charge in [0.1, 0.15) is 17.7 Å². The first-order valence-electron chi connectivity index (χ1n) is 9.82. The van der Waals surface area contributed by atoms with Crippen molar-refractivity contribution in [1.29, 1.82) is 0 Å². The maximum Gasteiger partial charge on any atom is 0.305 e. The molecule has 2 saturated heterocycles. The lowest BCUT2D eigenvalue weighted by molar-refractivity contribution is -0.141. The van der Waals surface area contributed by atoms with Crippen LogP contribution in [0.2, 0.25) is 0 Å². The van der Waals surface area contributed by atoms with Gasteiger partial charge in [-0.1, -0.05) is 0 Å². The molecular formula is C19H23F3N4O2. The van der Waals surface area contributed by atoms with Gasteiger partial charge in [0.15, 0.2) is 0 Å². The Kier molecular flexibility index (Phi) is 3.84. The summed E-state index contributed by atoms with van der Waals surface area (Å²) in [5, 5.41) is 0. The smallest absolute Gasteiger partial charge is 0.305 e. The van der Waals surface area contributed by atoms with Crippen LogP contribution in [-0.4, -0.2) is 54.9 Å². The summed E-state index contributed by atoms with van der Waals surface area (Å²) in [6.45, 7) is 3.24. The molecule has 1 aromatic heterocycles. The summed E-state index contributed by atoms with van der Waals surface area (Å²) in [7, 11) is 1.39. The molecule has 28 heavy (non-hydrogen) atoms. The number of aromatic nitrogens is 2. The predicted molar refractivity (Wildman–Crippen MR) is 95.3 cm³/mol. The number of piperidine rings is 1. The minimum atomic E-state index is -2.97. The molecule has 5 rings (SSSR count). The minimum Gasteiger partial charge on any atom is -0.469 e. The van der Waals surface area contributed by atoms with E-state index in [0.29, 0.717) is 48.6 Å². The summed E-state index contributed by atoms with van der Waals surface area (Å²) in [6.07, 6.45) is -0.593. The highest BCUT2D eigenvalue weighted by molar-refractivity contribution is 5.70. The molecule has 3 fully saturated rings. The second-order valence-electron chi connectivity index (χ2n) is 8.46. The summed E-state index contributed by atoms with van der Waals surface area (Å²) in [4.78, 5) is 24.0. The number of anilines is 2. The molecular weight excluding hydrogens is 373 g/mol. The minimum absolute atomic E-state index is 0.136. The van der Waals surface area contributed by atoms with Crippen LogP contribution in [0.5, 0.6) is 0 Å². The number of nitrogens with zero attached hydrogens (tertiary/aromatic N) is 4. The molecule has 0 N–H and O–H groups in total. The average Bonchev–Trinajstić information content (AvgIpc) is 3.01. The summed E-state index contributed by atoms with van der Waals surface area (Å²) < 4.78 is 47.2. The number of ether oxygens (including phenoxy) is 1. The van der Waals surface area contributed by atoms with Crippen LogP contribution in [0.1, 0.15) is 31.0 Å². The highest BCUT2D eigenvalue weighted by atomic mass is 19.3. The molecule has 0 aromatic carbocycles. The van der Waals surface area contributed by atoms with Crippen LogP contribution in [0.25, 0.3) is 0 Å². The summed E-state index contributed by atoms with van der Waals surface area (Å²) >= 11 is 0. The Bertz CT molecular complexity index is 824. The number of esters is 1. The van der Waals surface area contributed by atoms with Crippen LogP contribution in [-0.2, 0) is 21.9 Å². The molecule has 1 saturated carbocycles. The van der Waals surface area contributed by atoms with Gasteiger partial charge in [-0.25, -0.2) is 9.37 Å². The largest absolute Gasteiger partial charge is 0.469 e. The molecule has 3 unspecified atom stereocenters. The van der Waals surface area contributed by atoms with E-state index in [1.165, 1.54) is 7.11 Å². The molecule has 0 bridgehead atoms. The first-order valence-corrected chi connectivity index (χ1v) is 9.82. The second-order valence-corrected chi connectivity index (χ2v) is 8.46. The number of methoxy groups -OCH3 is 1. The third-order valence-electron chi connectivity index (χ3n) is 6.95. The highest BCUT2D eigenvalue weighted by Crippen LogP contribution is 2.55. The Balaban J connectivity index is 1.41. The zero-order valence-corrected chi connectivity index (χ0v) is 15.9. The van der Waals surface area contributed by atoms with Gasteiger partial charge in [0.25, 0.3) is 5.92 Å². The van der Waals surface area contributed by atoms with Crippen LogP contribution in [0, 0.1) is 17.8 Å². The zero-order chi connectivity index (χ0) is 19.8. The van der Waals surface area contributed by atoms with Gasteiger partial charge in [0, 0.05) is 31.5 Å². The van der Waals surface area contributed by atoms with Crippen LogP contribution in [0.4, 0.5) is 24.9 Å². The molecule has 2 aliphatic heterocycles. The van der Waals surface area contributed by atoms with Crippen molar-refractivity contribution in [3.63, 3.8) is 0 Å². The maximum atomic E-state index is 14.4. The van der Waals surface area contributed by atoms with E-state index in [0.717, 1.165) is 0 Å². The maximum absolute atomic E-state index is 14.4. The first kappa shape index (κ1) is 18.0. The van der Waals surface area contributed by atoms with Crippen molar-refractivity contribution in [3.05, 3.63) is 11.3 Å². The fraction of sp³-hybridized carbons (Fsp3) is 0.737. The predicted octanol–water partition coefficient (Wildman–Crippen LogP) is 2.31. The molecule has 2 aliphatic carbocycles. The summed E-state index contributed by atoms with van der Waals surface area (Å²) in [5.41, 5.74) is 0.318. The number of hydrogen-bond donors (Lipinski definition) is 0. The number of fused-ring (bicyclic) bond motifs is 2. The Morgan fingerprint density at radius 1 is 1.25 bits per heavy atom. The molecule has 1 aromatic rings. The van der Waals surface area contributed by atoms with E-state index in [1.54, 1.807) is 11.8 Å². The van der Waals surface area contributed by atoms with Crippen molar-refractivity contribution in [3.8, 4) is 0 Å². The van der Waals surface area contributed by atoms with Crippen molar-refractivity contribution in [2.24, 2.45) is 17.8 Å². The van der Waals surface area contributed by atoms with Crippen LogP contribution in [0.3, 0.4) is 0 Å². The van der Waals surface area contributed by atoms with E-state index in [2.05, 4.69) is 9.97 Å². The van der Waals surface area contributed by atoms with Crippen molar-refractivity contribution in [2.75, 3.05) is 36.5 Å². The van der Waals surface area contributed by atoms with E-state index in [1.807, 2.05) is 4.90 Å². The van der Waals surface area contributed by atoms with Crippen LogP contribution < -0.4 is 9.80 Å². The molecule has 4 aliphatic rings. The zero-order valence-electron chi connectivity index (χ0n) is 15.9. The Morgan fingerprint density at radius 2 is 1.96 bits per heavy atom. The number of hydrogen-bond acceptors (Lipinski definition) is 6. The topological polar surface area (TPSA) is 58.6 Å². The lowest BCUT2D eigenvalue weighted by Gasteiger charge is -2.42. The van der Waals surface area contributed by atoms with Gasteiger partial charge in [-0.2, -0.15) is 13.8 Å². The van der Waals surface area contributed by atoms with Gasteiger partial charge in [-0.05, 0) is 31.1 Å². The molecule has 152 valence electrons. The average molecular weight is 396 g/mol. The molecule has 0 spiro atoms. The number of halogens is 3. The quantitative estimate of drug-likeness (QED) is 0.728. The van der Waals surface area contributed by atoms with Gasteiger partial charge in [-0.15, -0.1) is 0 Å². The van der Waals surface area contributed by atoms with Crippen LogP contribution >= 0.6 is 0 Å². The molecule has 0 amide bonds. The van der Waals surface area contributed by atoms with Gasteiger partial charge >= 0.3 is 5.97 Å². The van der Waals surface area contributed by atoms with Crippen molar-refractivity contribution in [2.45, 2.75) is 44.3 Å². The molecule has 9 heteroatoms. The third kappa shape index (κ3) is 2.58. The van der Waals surface area contributed by atoms with Gasteiger partial charge in [0.2, 0.25) is 5.95 Å².